The van der Waals surface area contributed by atoms with E-state index in [1.54, 1.807) is 0 Å². The van der Waals surface area contributed by atoms with Gasteiger partial charge in [-0.05, 0) is 12.1 Å². The predicted molar refractivity (Wildman–Crippen MR) is 68.3 cm³/mol. The van der Waals surface area contributed by atoms with Crippen molar-refractivity contribution in [3.63, 3.8) is 0 Å². The fourth-order valence-corrected chi connectivity index (χ4v) is 2.54. The first kappa shape index (κ1) is 17.0. The van der Waals surface area contributed by atoms with Crippen molar-refractivity contribution in [2.75, 3.05) is 6.61 Å². The number of pyridine rings is 1. The van der Waals surface area contributed by atoms with Crippen molar-refractivity contribution in [2.45, 2.75) is 24.6 Å². The van der Waals surface area contributed by atoms with Crippen molar-refractivity contribution in [1.29, 1.82) is 0 Å². The Morgan fingerprint density at radius 2 is 2.14 bits per heavy atom. The highest BCUT2D eigenvalue weighted by Gasteiger charge is 2.47. The van der Waals surface area contributed by atoms with Gasteiger partial charge in [0.1, 0.15) is 18.3 Å². The lowest BCUT2D eigenvalue weighted by Crippen LogP contribution is -2.34. The fourth-order valence-electron chi connectivity index (χ4n) is 1.75. The van der Waals surface area contributed by atoms with Crippen LogP contribution < -0.4 is 0 Å². The molecule has 1 aromatic heterocycles. The maximum Gasteiger partial charge on any atom is 0.532 e. The number of hydrogen-bond donors (Lipinski definition) is 4. The third-order valence-electron chi connectivity index (χ3n) is 2.83. The highest BCUT2D eigenvalue weighted by molar-refractivity contribution is 7.48. The molecule has 0 radical (unpaired) electrons. The van der Waals surface area contributed by atoms with Crippen molar-refractivity contribution in [3.8, 4) is 0 Å². The number of carbonyl (C=O) groups is 1. The molecule has 0 aliphatic carbocycles. The van der Waals surface area contributed by atoms with E-state index in [9.17, 15) is 24.5 Å². The maximum absolute atomic E-state index is 11.7. The molecule has 1 aliphatic rings. The Labute approximate surface area is 124 Å². The summed E-state index contributed by atoms with van der Waals surface area (Å²) in [5.74, 6) is -1.16. The monoisotopic (exact) mass is 335 g/mol. The van der Waals surface area contributed by atoms with E-state index in [2.05, 4.69) is 14.0 Å². The van der Waals surface area contributed by atoms with E-state index >= 15 is 0 Å². The second-order valence-electron chi connectivity index (χ2n) is 4.40. The zero-order chi connectivity index (χ0) is 16.3. The summed E-state index contributed by atoms with van der Waals surface area (Å²) in [5, 5.41) is 28.0. The lowest BCUT2D eigenvalue weighted by molar-refractivity contribution is -0.126. The number of ether oxygens (including phenoxy) is 1. The number of aliphatic hydroxyl groups is 3. The molecule has 122 valence electrons. The Morgan fingerprint density at radius 3 is 2.68 bits per heavy atom. The summed E-state index contributed by atoms with van der Waals surface area (Å²) >= 11 is 0. The van der Waals surface area contributed by atoms with Gasteiger partial charge in [0, 0.05) is 12.4 Å². The van der Waals surface area contributed by atoms with Crippen LogP contribution in [-0.2, 0) is 18.3 Å². The topological polar surface area (TPSA) is 156 Å². The van der Waals surface area contributed by atoms with E-state index in [-0.39, 0.29) is 5.56 Å². The molecule has 11 heteroatoms. The van der Waals surface area contributed by atoms with Gasteiger partial charge in [0.2, 0.25) is 0 Å². The lowest BCUT2D eigenvalue weighted by Gasteiger charge is -2.18. The second kappa shape index (κ2) is 6.80. The van der Waals surface area contributed by atoms with Crippen LogP contribution in [-0.4, -0.2) is 62.4 Å². The molecule has 22 heavy (non-hydrogen) atoms. The Kier molecular flexibility index (Phi) is 5.24. The van der Waals surface area contributed by atoms with Crippen molar-refractivity contribution in [2.24, 2.45) is 0 Å². The second-order valence-corrected chi connectivity index (χ2v) is 5.73. The fraction of sp³-hybridized carbons (Fsp3) is 0.455. The van der Waals surface area contributed by atoms with Gasteiger partial charge in [-0.2, -0.15) is 0 Å². The van der Waals surface area contributed by atoms with Crippen LogP contribution in [0.2, 0.25) is 0 Å². The molecule has 4 N–H and O–H groups in total. The van der Waals surface area contributed by atoms with E-state index in [4.69, 9.17) is 9.84 Å². The van der Waals surface area contributed by atoms with E-state index in [1.165, 1.54) is 18.3 Å². The summed E-state index contributed by atoms with van der Waals surface area (Å²) in [6.45, 7) is -0.636. The van der Waals surface area contributed by atoms with Crippen LogP contribution in [0.4, 0.5) is 0 Å². The number of aliphatic hydroxyl groups excluding tert-OH is 3. The summed E-state index contributed by atoms with van der Waals surface area (Å²) < 4.78 is 25.4. The summed E-state index contributed by atoms with van der Waals surface area (Å²) in [7, 11) is -4.92. The molecule has 0 bridgehead atoms. The summed E-state index contributed by atoms with van der Waals surface area (Å²) in [5.41, 5.74) is -0.0819. The third-order valence-corrected chi connectivity index (χ3v) is 3.70. The molecule has 0 aromatic carbocycles. The highest BCUT2D eigenvalue weighted by atomic mass is 31.2. The number of carbonyl (C=O) groups excluding carboxylic acids is 1. The Morgan fingerprint density at radius 1 is 1.41 bits per heavy atom. The Balaban J connectivity index is 2.00. The molecule has 5 atom stereocenters. The smallest absolute Gasteiger partial charge is 0.394 e. The van der Waals surface area contributed by atoms with Gasteiger partial charge in [0.05, 0.1) is 12.2 Å². The standard InChI is InChI=1S/C11H14NO9P/c13-5-7-8(14)9(15)11(19-7)21-22(17,18)20-10(16)6-2-1-3-12-4-6/h1-4,7-9,11,13-15H,5H2,(H,17,18)/t7-,8-,9-,11?/m1/s1. The molecule has 1 aromatic rings. The quantitative estimate of drug-likeness (QED) is 0.482. The van der Waals surface area contributed by atoms with Gasteiger partial charge in [-0.25, -0.2) is 13.9 Å². The lowest BCUT2D eigenvalue weighted by atomic mass is 10.1. The third kappa shape index (κ3) is 3.87. The zero-order valence-electron chi connectivity index (χ0n) is 11.1. The van der Waals surface area contributed by atoms with Gasteiger partial charge >= 0.3 is 13.8 Å². The molecule has 10 nitrogen and oxygen atoms in total. The molecule has 2 unspecified atom stereocenters. The first-order chi connectivity index (χ1) is 10.3. The molecule has 0 amide bonds. The largest absolute Gasteiger partial charge is 0.532 e. The molecular weight excluding hydrogens is 321 g/mol. The molecule has 2 heterocycles. The van der Waals surface area contributed by atoms with Gasteiger partial charge < -0.3 is 24.6 Å². The highest BCUT2D eigenvalue weighted by Crippen LogP contribution is 2.47. The summed E-state index contributed by atoms with van der Waals surface area (Å²) in [6, 6.07) is 2.73. The Bertz CT molecular complexity index is 568. The number of hydrogen-bond acceptors (Lipinski definition) is 9. The minimum atomic E-state index is -4.92. The molecular formula is C11H14NO9P. The minimum absolute atomic E-state index is 0.0819. The van der Waals surface area contributed by atoms with Crippen LogP contribution in [0.1, 0.15) is 10.4 Å². The molecule has 1 fully saturated rings. The molecule has 1 saturated heterocycles. The first-order valence-electron chi connectivity index (χ1n) is 6.11. The number of nitrogens with zero attached hydrogens (tertiary/aromatic N) is 1. The molecule has 0 spiro atoms. The van der Waals surface area contributed by atoms with E-state index < -0.39 is 45.0 Å². The predicted octanol–water partition coefficient (Wildman–Crippen LogP) is -1.21. The van der Waals surface area contributed by atoms with E-state index in [0.717, 1.165) is 6.20 Å². The van der Waals surface area contributed by atoms with Gasteiger partial charge in [-0.15, -0.1) is 0 Å². The summed E-state index contributed by atoms with van der Waals surface area (Å²) in [4.78, 5) is 24.8. The van der Waals surface area contributed by atoms with Crippen molar-refractivity contribution in [3.05, 3.63) is 30.1 Å². The van der Waals surface area contributed by atoms with Crippen molar-refractivity contribution in [1.82, 2.24) is 4.98 Å². The van der Waals surface area contributed by atoms with Gasteiger partial charge in [0.15, 0.2) is 6.29 Å². The van der Waals surface area contributed by atoms with Crippen LogP contribution in [0.25, 0.3) is 0 Å². The van der Waals surface area contributed by atoms with Gasteiger partial charge in [-0.3, -0.25) is 9.88 Å². The SMILES string of the molecule is O=C(OP(=O)(O)OC1O[C@H](CO)[C@@H](O)[C@H]1O)c1cccnc1. The van der Waals surface area contributed by atoms with E-state index in [0.29, 0.717) is 0 Å². The van der Waals surface area contributed by atoms with Crippen molar-refractivity contribution >= 4 is 13.8 Å². The Hall–Kier alpha value is -1.39. The summed E-state index contributed by atoms with van der Waals surface area (Å²) in [6.07, 6.45) is -3.60. The molecule has 0 saturated carbocycles. The van der Waals surface area contributed by atoms with Crippen LogP contribution in [0.5, 0.6) is 0 Å². The van der Waals surface area contributed by atoms with Crippen LogP contribution in [0.3, 0.4) is 0 Å². The molecule has 2 rings (SSSR count). The first-order valence-corrected chi connectivity index (χ1v) is 7.61. The molecule has 1 aliphatic heterocycles. The number of phosphoric acid groups is 1. The number of phosphoric ester groups is 1. The van der Waals surface area contributed by atoms with Crippen LogP contribution >= 0.6 is 7.82 Å². The normalized spacial score (nSPS) is 30.7. The minimum Gasteiger partial charge on any atom is -0.394 e. The van der Waals surface area contributed by atoms with E-state index in [1.807, 2.05) is 0 Å². The van der Waals surface area contributed by atoms with Gasteiger partial charge in [-0.1, -0.05) is 0 Å². The maximum atomic E-state index is 11.7. The average molecular weight is 335 g/mol. The number of rotatable bonds is 5. The average Bonchev–Trinajstić information content (AvgIpc) is 2.75. The zero-order valence-corrected chi connectivity index (χ0v) is 11.9. The number of aromatic nitrogens is 1. The van der Waals surface area contributed by atoms with Crippen LogP contribution in [0.15, 0.2) is 24.5 Å². The van der Waals surface area contributed by atoms with Crippen LogP contribution in [0, 0.1) is 0 Å². The van der Waals surface area contributed by atoms with Gasteiger partial charge in [0.25, 0.3) is 0 Å². The van der Waals surface area contributed by atoms with Crippen molar-refractivity contribution < 1.29 is 43.4 Å².